The van der Waals surface area contributed by atoms with Crippen molar-refractivity contribution in [2.24, 2.45) is 5.73 Å². The third-order valence-electron chi connectivity index (χ3n) is 3.99. The molecule has 0 saturated carbocycles. The number of esters is 1. The highest BCUT2D eigenvalue weighted by Gasteiger charge is 2.33. The molecule has 2 aliphatic rings. The van der Waals surface area contributed by atoms with Crippen LogP contribution < -0.4 is 11.1 Å². The number of carbonyl (C=O) groups is 2. The Bertz CT molecular complexity index is 348. The van der Waals surface area contributed by atoms with Crippen LogP contribution >= 0.6 is 0 Å². The second-order valence-electron chi connectivity index (χ2n) is 5.29. The van der Waals surface area contributed by atoms with Gasteiger partial charge in [0.25, 0.3) is 0 Å². The number of piperidine rings is 1. The van der Waals surface area contributed by atoms with E-state index in [0.717, 1.165) is 19.4 Å². The van der Waals surface area contributed by atoms with Crippen molar-refractivity contribution < 1.29 is 14.3 Å². The minimum Gasteiger partial charge on any atom is -0.464 e. The monoisotopic (exact) mass is 269 g/mol. The number of nitrogens with two attached hydrogens (primary N) is 1. The zero-order valence-corrected chi connectivity index (χ0v) is 11.4. The lowest BCUT2D eigenvalue weighted by Gasteiger charge is -2.35. The molecule has 2 rings (SSSR count). The number of amides is 1. The number of nitrogens with zero attached hydrogens (tertiary/aromatic N) is 1. The first-order valence-electron chi connectivity index (χ1n) is 7.08. The Morgan fingerprint density at radius 1 is 1.42 bits per heavy atom. The van der Waals surface area contributed by atoms with Gasteiger partial charge in [0.2, 0.25) is 5.91 Å². The number of nitrogens with one attached hydrogen (secondary N) is 1. The lowest BCUT2D eigenvalue weighted by atomic mass is 9.97. The van der Waals surface area contributed by atoms with E-state index >= 15 is 0 Å². The smallest absolute Gasteiger partial charge is 0.332 e. The maximum Gasteiger partial charge on any atom is 0.332 e. The van der Waals surface area contributed by atoms with Crippen molar-refractivity contribution in [1.82, 2.24) is 10.2 Å². The lowest BCUT2D eigenvalue weighted by Crippen LogP contribution is -2.53. The lowest BCUT2D eigenvalue weighted by molar-refractivity contribution is -0.148. The second-order valence-corrected chi connectivity index (χ2v) is 5.29. The van der Waals surface area contributed by atoms with Crippen LogP contribution in [0.15, 0.2) is 0 Å². The molecule has 0 radical (unpaired) electrons. The van der Waals surface area contributed by atoms with E-state index in [1.807, 2.05) is 0 Å². The van der Waals surface area contributed by atoms with Gasteiger partial charge in [0.1, 0.15) is 0 Å². The minimum atomic E-state index is -1.21. The zero-order valence-electron chi connectivity index (χ0n) is 11.4. The molecule has 6 heteroatoms. The van der Waals surface area contributed by atoms with Gasteiger partial charge < -0.3 is 20.7 Å². The first-order chi connectivity index (χ1) is 9.11. The van der Waals surface area contributed by atoms with Gasteiger partial charge in [-0.2, -0.15) is 0 Å². The summed E-state index contributed by atoms with van der Waals surface area (Å²) in [5, 5.41) is 2.88. The van der Waals surface area contributed by atoms with Crippen LogP contribution in [0, 0.1) is 0 Å². The van der Waals surface area contributed by atoms with E-state index in [2.05, 4.69) is 10.2 Å². The van der Waals surface area contributed by atoms with Crippen molar-refractivity contribution in [1.29, 1.82) is 0 Å². The van der Waals surface area contributed by atoms with Crippen molar-refractivity contribution in [3.8, 4) is 0 Å². The number of fused-ring (bicyclic) bond motifs is 1. The molecule has 3 atom stereocenters. The van der Waals surface area contributed by atoms with Crippen molar-refractivity contribution in [3.05, 3.63) is 0 Å². The second kappa shape index (κ2) is 6.34. The van der Waals surface area contributed by atoms with E-state index < -0.39 is 17.9 Å². The molecule has 0 aromatic carbocycles. The molecule has 2 aliphatic heterocycles. The molecule has 2 fully saturated rings. The fourth-order valence-electron chi connectivity index (χ4n) is 2.99. The van der Waals surface area contributed by atoms with Gasteiger partial charge >= 0.3 is 5.97 Å². The van der Waals surface area contributed by atoms with E-state index in [0.29, 0.717) is 6.04 Å². The average Bonchev–Trinajstić information content (AvgIpc) is 2.85. The van der Waals surface area contributed by atoms with Crippen LogP contribution in [0.2, 0.25) is 0 Å². The SMILES string of the molecule is CCOC(=O)C(N)C(=O)NC1CCN2CCCC2C1. The Labute approximate surface area is 113 Å². The quantitative estimate of drug-likeness (QED) is 0.537. The summed E-state index contributed by atoms with van der Waals surface area (Å²) in [6.07, 6.45) is 4.34. The topological polar surface area (TPSA) is 84.7 Å². The van der Waals surface area contributed by atoms with Crippen molar-refractivity contribution >= 4 is 11.9 Å². The highest BCUT2D eigenvalue weighted by molar-refractivity contribution is 6.01. The Morgan fingerprint density at radius 2 is 2.21 bits per heavy atom. The molecule has 2 heterocycles. The Kier molecular flexibility index (Phi) is 4.76. The average molecular weight is 269 g/mol. The van der Waals surface area contributed by atoms with Crippen molar-refractivity contribution in [2.75, 3.05) is 19.7 Å². The Hall–Kier alpha value is -1.14. The van der Waals surface area contributed by atoms with Gasteiger partial charge in [-0.05, 0) is 39.2 Å². The molecule has 0 bridgehead atoms. The van der Waals surface area contributed by atoms with Gasteiger partial charge in [-0.15, -0.1) is 0 Å². The van der Waals surface area contributed by atoms with Crippen LogP contribution in [0.3, 0.4) is 0 Å². The summed E-state index contributed by atoms with van der Waals surface area (Å²) in [5.41, 5.74) is 5.57. The number of ether oxygens (including phenoxy) is 1. The molecule has 2 saturated heterocycles. The van der Waals surface area contributed by atoms with Crippen LogP contribution in [0.4, 0.5) is 0 Å². The number of hydrogen-bond donors (Lipinski definition) is 2. The summed E-state index contributed by atoms with van der Waals surface area (Å²) < 4.78 is 4.75. The van der Waals surface area contributed by atoms with Gasteiger partial charge in [0.05, 0.1) is 6.61 Å². The predicted octanol–water partition coefficient (Wildman–Crippen LogP) is -0.380. The Balaban J connectivity index is 1.80. The standard InChI is InChI=1S/C13H23N3O3/c1-2-19-13(18)11(14)12(17)15-9-5-7-16-6-3-4-10(16)8-9/h9-11H,2-8,14H2,1H3,(H,15,17). The summed E-state index contributed by atoms with van der Waals surface area (Å²) in [4.78, 5) is 25.7. The van der Waals surface area contributed by atoms with Gasteiger partial charge in [-0.3, -0.25) is 4.79 Å². The molecule has 6 nitrogen and oxygen atoms in total. The Morgan fingerprint density at radius 3 is 2.95 bits per heavy atom. The maximum atomic E-state index is 11.9. The van der Waals surface area contributed by atoms with Crippen LogP contribution in [-0.2, 0) is 14.3 Å². The molecule has 0 spiro atoms. The largest absolute Gasteiger partial charge is 0.464 e. The minimum absolute atomic E-state index is 0.132. The molecule has 0 aromatic rings. The van der Waals surface area contributed by atoms with Crippen LogP contribution in [0.1, 0.15) is 32.6 Å². The molecule has 108 valence electrons. The molecular weight excluding hydrogens is 246 g/mol. The van der Waals surface area contributed by atoms with Gasteiger partial charge in [-0.25, -0.2) is 4.79 Å². The van der Waals surface area contributed by atoms with Crippen molar-refractivity contribution in [2.45, 2.75) is 50.7 Å². The van der Waals surface area contributed by atoms with E-state index in [9.17, 15) is 9.59 Å². The molecule has 3 unspecified atom stereocenters. The fourth-order valence-corrected chi connectivity index (χ4v) is 2.99. The molecule has 1 amide bonds. The van der Waals surface area contributed by atoms with E-state index in [1.54, 1.807) is 6.92 Å². The fraction of sp³-hybridized carbons (Fsp3) is 0.846. The zero-order chi connectivity index (χ0) is 13.8. The molecular formula is C13H23N3O3. The van der Waals surface area contributed by atoms with Gasteiger partial charge in [-0.1, -0.05) is 0 Å². The van der Waals surface area contributed by atoms with Crippen LogP contribution in [-0.4, -0.2) is 54.6 Å². The summed E-state index contributed by atoms with van der Waals surface area (Å²) in [7, 11) is 0. The highest BCUT2D eigenvalue weighted by Crippen LogP contribution is 2.26. The normalized spacial score (nSPS) is 28.5. The summed E-state index contributed by atoms with van der Waals surface area (Å²) in [6, 6.07) is -0.494. The van der Waals surface area contributed by atoms with E-state index in [4.69, 9.17) is 10.5 Å². The van der Waals surface area contributed by atoms with E-state index in [-0.39, 0.29) is 12.6 Å². The van der Waals surface area contributed by atoms with Gasteiger partial charge in [0.15, 0.2) is 6.04 Å². The third-order valence-corrected chi connectivity index (χ3v) is 3.99. The molecule has 0 aliphatic carbocycles. The molecule has 3 N–H and O–H groups in total. The van der Waals surface area contributed by atoms with E-state index in [1.165, 1.54) is 19.4 Å². The predicted molar refractivity (Wildman–Crippen MR) is 70.4 cm³/mol. The summed E-state index contributed by atoms with van der Waals surface area (Å²) in [5.74, 6) is -1.08. The third kappa shape index (κ3) is 3.45. The van der Waals surface area contributed by atoms with Crippen LogP contribution in [0.25, 0.3) is 0 Å². The van der Waals surface area contributed by atoms with Crippen molar-refractivity contribution in [3.63, 3.8) is 0 Å². The highest BCUT2D eigenvalue weighted by atomic mass is 16.5. The van der Waals surface area contributed by atoms with Gasteiger partial charge in [0, 0.05) is 18.6 Å². The van der Waals surface area contributed by atoms with Crippen LogP contribution in [0.5, 0.6) is 0 Å². The number of rotatable bonds is 4. The first kappa shape index (κ1) is 14.3. The first-order valence-corrected chi connectivity index (χ1v) is 7.08. The maximum absolute atomic E-state index is 11.9. The summed E-state index contributed by atoms with van der Waals surface area (Å²) >= 11 is 0. The molecule has 19 heavy (non-hydrogen) atoms. The molecule has 0 aromatic heterocycles. The summed E-state index contributed by atoms with van der Waals surface area (Å²) in [6.45, 7) is 4.12. The number of carbonyl (C=O) groups excluding carboxylic acids is 2. The number of hydrogen-bond acceptors (Lipinski definition) is 5.